The fourth-order valence-corrected chi connectivity index (χ4v) is 1.16. The van der Waals surface area contributed by atoms with Crippen molar-refractivity contribution in [2.75, 3.05) is 5.73 Å². The average molecular weight is 183 g/mol. The third-order valence-corrected chi connectivity index (χ3v) is 1.80. The van der Waals surface area contributed by atoms with Crippen LogP contribution < -0.4 is 5.73 Å². The molecule has 0 saturated heterocycles. The Morgan fingerprint density at radius 1 is 1.50 bits per heavy atom. The standard InChI is InChI=1S/C8H7ClN2O/c9-4-8-11-6-3-5(10)1-2-7(6)12-8/h1-3H,4,10H2. The van der Waals surface area contributed by atoms with E-state index in [4.69, 9.17) is 21.8 Å². The molecule has 12 heavy (non-hydrogen) atoms. The Morgan fingerprint density at radius 3 is 3.08 bits per heavy atom. The molecule has 0 radical (unpaired) electrons. The van der Waals surface area contributed by atoms with Crippen molar-refractivity contribution in [1.82, 2.24) is 4.98 Å². The van der Waals surface area contributed by atoms with Crippen LogP contribution in [-0.2, 0) is 5.88 Å². The third-order valence-electron chi connectivity index (χ3n) is 1.57. The number of fused-ring (bicyclic) bond motifs is 1. The molecule has 0 fully saturated rings. The molecule has 0 atom stereocenters. The average Bonchev–Trinajstić information content (AvgIpc) is 2.46. The van der Waals surface area contributed by atoms with Crippen LogP contribution in [0.2, 0.25) is 0 Å². The zero-order valence-corrected chi connectivity index (χ0v) is 7.01. The molecule has 0 aliphatic rings. The van der Waals surface area contributed by atoms with Crippen LogP contribution in [0.5, 0.6) is 0 Å². The highest BCUT2D eigenvalue weighted by Crippen LogP contribution is 2.18. The first-order chi connectivity index (χ1) is 5.79. The molecule has 1 aromatic heterocycles. The van der Waals surface area contributed by atoms with E-state index in [0.717, 1.165) is 11.1 Å². The molecule has 62 valence electrons. The summed E-state index contributed by atoms with van der Waals surface area (Å²) in [7, 11) is 0. The predicted octanol–water partition coefficient (Wildman–Crippen LogP) is 2.15. The van der Waals surface area contributed by atoms with Gasteiger partial charge >= 0.3 is 0 Å². The summed E-state index contributed by atoms with van der Waals surface area (Å²) in [5.41, 5.74) is 7.71. The van der Waals surface area contributed by atoms with E-state index >= 15 is 0 Å². The number of anilines is 1. The van der Waals surface area contributed by atoms with Crippen LogP contribution in [0.4, 0.5) is 5.69 Å². The van der Waals surface area contributed by atoms with E-state index in [1.54, 1.807) is 18.2 Å². The van der Waals surface area contributed by atoms with Gasteiger partial charge in [-0.2, -0.15) is 0 Å². The van der Waals surface area contributed by atoms with Crippen LogP contribution in [0.15, 0.2) is 22.6 Å². The summed E-state index contributed by atoms with van der Waals surface area (Å²) >= 11 is 5.55. The monoisotopic (exact) mass is 182 g/mol. The summed E-state index contributed by atoms with van der Waals surface area (Å²) in [5, 5.41) is 0. The summed E-state index contributed by atoms with van der Waals surface area (Å²) in [6.45, 7) is 0. The number of benzene rings is 1. The number of halogens is 1. The van der Waals surface area contributed by atoms with Crippen LogP contribution in [0.3, 0.4) is 0 Å². The number of nitrogen functional groups attached to an aromatic ring is 1. The van der Waals surface area contributed by atoms with E-state index in [9.17, 15) is 0 Å². The van der Waals surface area contributed by atoms with Gasteiger partial charge in [0.2, 0.25) is 5.89 Å². The number of oxazole rings is 1. The second kappa shape index (κ2) is 2.68. The number of hydrogen-bond donors (Lipinski definition) is 1. The first kappa shape index (κ1) is 7.43. The van der Waals surface area contributed by atoms with Crippen LogP contribution >= 0.6 is 11.6 Å². The van der Waals surface area contributed by atoms with E-state index < -0.39 is 0 Å². The highest BCUT2D eigenvalue weighted by Gasteiger charge is 2.03. The maximum Gasteiger partial charge on any atom is 0.210 e. The lowest BCUT2D eigenvalue weighted by Gasteiger charge is -1.88. The summed E-state index contributed by atoms with van der Waals surface area (Å²) in [6.07, 6.45) is 0. The van der Waals surface area contributed by atoms with Crippen molar-refractivity contribution in [3.63, 3.8) is 0 Å². The predicted molar refractivity (Wildman–Crippen MR) is 48.0 cm³/mol. The molecular formula is C8H7ClN2O. The molecule has 0 aliphatic heterocycles. The molecule has 0 aliphatic carbocycles. The number of nitrogens with zero attached hydrogens (tertiary/aromatic N) is 1. The van der Waals surface area contributed by atoms with Crippen molar-refractivity contribution in [3.8, 4) is 0 Å². The van der Waals surface area contributed by atoms with Crippen LogP contribution in [0, 0.1) is 0 Å². The van der Waals surface area contributed by atoms with E-state index in [1.165, 1.54) is 0 Å². The largest absolute Gasteiger partial charge is 0.439 e. The summed E-state index contributed by atoms with van der Waals surface area (Å²) in [6, 6.07) is 5.31. The second-order valence-corrected chi connectivity index (χ2v) is 2.74. The van der Waals surface area contributed by atoms with E-state index in [1.807, 2.05) is 0 Å². The number of alkyl halides is 1. The number of hydrogen-bond acceptors (Lipinski definition) is 3. The van der Waals surface area contributed by atoms with Crippen LogP contribution in [0.1, 0.15) is 5.89 Å². The molecule has 2 aromatic rings. The Labute approximate surface area is 74.1 Å². The Kier molecular flexibility index (Phi) is 1.66. The third kappa shape index (κ3) is 1.12. The van der Waals surface area contributed by atoms with Gasteiger partial charge in [-0.25, -0.2) is 4.98 Å². The highest BCUT2D eigenvalue weighted by atomic mass is 35.5. The second-order valence-electron chi connectivity index (χ2n) is 2.47. The van der Waals surface area contributed by atoms with Crippen molar-refractivity contribution in [2.45, 2.75) is 5.88 Å². The lowest BCUT2D eigenvalue weighted by molar-refractivity contribution is 0.555. The number of nitrogens with two attached hydrogens (primary N) is 1. The van der Waals surface area contributed by atoms with Gasteiger partial charge < -0.3 is 10.2 Å². The smallest absolute Gasteiger partial charge is 0.210 e. The molecule has 0 saturated carbocycles. The first-order valence-electron chi connectivity index (χ1n) is 3.50. The Morgan fingerprint density at radius 2 is 2.33 bits per heavy atom. The van der Waals surface area contributed by atoms with Gasteiger partial charge in [-0.1, -0.05) is 0 Å². The van der Waals surface area contributed by atoms with Crippen molar-refractivity contribution in [3.05, 3.63) is 24.1 Å². The van der Waals surface area contributed by atoms with Gasteiger partial charge in [0.05, 0.1) is 5.88 Å². The minimum Gasteiger partial charge on any atom is -0.439 e. The summed E-state index contributed by atoms with van der Waals surface area (Å²) in [4.78, 5) is 4.11. The zero-order chi connectivity index (χ0) is 8.55. The molecule has 2 rings (SSSR count). The topological polar surface area (TPSA) is 52.0 Å². The van der Waals surface area contributed by atoms with Crippen molar-refractivity contribution in [1.29, 1.82) is 0 Å². The van der Waals surface area contributed by atoms with Gasteiger partial charge in [-0.05, 0) is 18.2 Å². The SMILES string of the molecule is Nc1ccc2oc(CCl)nc2c1. The Hall–Kier alpha value is -1.22. The molecule has 4 heteroatoms. The molecule has 2 N–H and O–H groups in total. The fourth-order valence-electron chi connectivity index (χ4n) is 1.05. The highest BCUT2D eigenvalue weighted by molar-refractivity contribution is 6.16. The molecule has 0 amide bonds. The van der Waals surface area contributed by atoms with Gasteiger partial charge in [-0.3, -0.25) is 0 Å². The molecule has 1 aromatic carbocycles. The minimum atomic E-state index is 0.286. The molecule has 3 nitrogen and oxygen atoms in total. The molecule has 0 unspecified atom stereocenters. The fraction of sp³-hybridized carbons (Fsp3) is 0.125. The van der Waals surface area contributed by atoms with Gasteiger partial charge in [-0.15, -0.1) is 11.6 Å². The molecule has 1 heterocycles. The van der Waals surface area contributed by atoms with Crippen LogP contribution in [-0.4, -0.2) is 4.98 Å². The van der Waals surface area contributed by atoms with Crippen molar-refractivity contribution < 1.29 is 4.42 Å². The van der Waals surface area contributed by atoms with Gasteiger partial charge in [0, 0.05) is 5.69 Å². The van der Waals surface area contributed by atoms with Crippen molar-refractivity contribution >= 4 is 28.4 Å². The summed E-state index contributed by atoms with van der Waals surface area (Å²) < 4.78 is 5.27. The molecular weight excluding hydrogens is 176 g/mol. The van der Waals surface area contributed by atoms with Gasteiger partial charge in [0.1, 0.15) is 5.52 Å². The molecule has 0 bridgehead atoms. The zero-order valence-electron chi connectivity index (χ0n) is 6.25. The minimum absolute atomic E-state index is 0.286. The number of aromatic nitrogens is 1. The van der Waals surface area contributed by atoms with Gasteiger partial charge in [0.25, 0.3) is 0 Å². The van der Waals surface area contributed by atoms with E-state index in [2.05, 4.69) is 4.98 Å². The van der Waals surface area contributed by atoms with E-state index in [-0.39, 0.29) is 5.88 Å². The van der Waals surface area contributed by atoms with E-state index in [0.29, 0.717) is 11.6 Å². The molecule has 0 spiro atoms. The van der Waals surface area contributed by atoms with Crippen molar-refractivity contribution in [2.24, 2.45) is 0 Å². The lowest BCUT2D eigenvalue weighted by atomic mass is 10.3. The Bertz CT molecular complexity index is 410. The first-order valence-corrected chi connectivity index (χ1v) is 4.04. The maximum absolute atomic E-state index is 5.56. The quantitative estimate of drug-likeness (QED) is 0.543. The van der Waals surface area contributed by atoms with Gasteiger partial charge in [0.15, 0.2) is 5.58 Å². The number of rotatable bonds is 1. The summed E-state index contributed by atoms with van der Waals surface area (Å²) in [5.74, 6) is 0.812. The lowest BCUT2D eigenvalue weighted by Crippen LogP contribution is -1.82. The van der Waals surface area contributed by atoms with Crippen LogP contribution in [0.25, 0.3) is 11.1 Å². The normalized spacial score (nSPS) is 10.8. The Balaban J connectivity index is 2.67. The maximum atomic E-state index is 5.56.